The highest BCUT2D eigenvalue weighted by atomic mass is 35.5. The van der Waals surface area contributed by atoms with Crippen molar-refractivity contribution in [3.05, 3.63) is 37.8 Å². The van der Waals surface area contributed by atoms with Gasteiger partial charge in [0.05, 0.1) is 20.8 Å². The molecule has 1 amide bonds. The van der Waals surface area contributed by atoms with Gasteiger partial charge in [-0.15, -0.1) is 11.3 Å². The first-order valence-electron chi connectivity index (χ1n) is 7.80. The molecular weight excluding hydrogens is 405 g/mol. The molecule has 9 heteroatoms. The Morgan fingerprint density at radius 2 is 1.96 bits per heavy atom. The van der Waals surface area contributed by atoms with Crippen molar-refractivity contribution in [2.24, 2.45) is 0 Å². The highest BCUT2D eigenvalue weighted by Gasteiger charge is 2.22. The van der Waals surface area contributed by atoms with E-state index in [2.05, 4.69) is 15.2 Å². The van der Waals surface area contributed by atoms with Crippen molar-refractivity contribution < 1.29 is 9.90 Å². The van der Waals surface area contributed by atoms with E-state index in [0.29, 0.717) is 5.13 Å². The number of nitrogens with zero attached hydrogens (tertiary/aromatic N) is 2. The Labute approximate surface area is 164 Å². The van der Waals surface area contributed by atoms with Gasteiger partial charge in [-0.2, -0.15) is 0 Å². The normalized spacial score (nSPS) is 15.3. The van der Waals surface area contributed by atoms with Crippen LogP contribution in [-0.2, 0) is 6.54 Å². The summed E-state index contributed by atoms with van der Waals surface area (Å²) in [4.78, 5) is 19.2. The zero-order valence-electron chi connectivity index (χ0n) is 13.2. The Morgan fingerprint density at radius 1 is 1.24 bits per heavy atom. The average Bonchev–Trinajstić information content (AvgIpc) is 3.01. The minimum absolute atomic E-state index is 0.0375. The van der Waals surface area contributed by atoms with Gasteiger partial charge in [0.25, 0.3) is 5.91 Å². The quantitative estimate of drug-likeness (QED) is 0.680. The maximum absolute atomic E-state index is 12.4. The Kier molecular flexibility index (Phi) is 6.07. The molecule has 134 valence electrons. The number of aromatic hydroxyl groups is 1. The van der Waals surface area contributed by atoms with Crippen LogP contribution in [0.15, 0.2) is 11.4 Å². The number of thiazole rings is 1. The summed E-state index contributed by atoms with van der Waals surface area (Å²) in [6.07, 6.45) is 3.70. The van der Waals surface area contributed by atoms with E-state index in [1.807, 2.05) is 5.38 Å². The van der Waals surface area contributed by atoms with E-state index in [9.17, 15) is 9.90 Å². The Bertz CT molecular complexity index is 765. The number of hydrogen-bond donors (Lipinski definition) is 2. The molecule has 3 rings (SSSR count). The molecule has 2 aromatic rings. The molecule has 1 aliphatic heterocycles. The van der Waals surface area contributed by atoms with Crippen molar-refractivity contribution >= 4 is 57.2 Å². The summed E-state index contributed by atoms with van der Waals surface area (Å²) in [7, 11) is 0. The number of aromatic nitrogens is 1. The Morgan fingerprint density at radius 3 is 2.68 bits per heavy atom. The van der Waals surface area contributed by atoms with Gasteiger partial charge in [0.15, 0.2) is 5.13 Å². The monoisotopic (exact) mass is 419 g/mol. The van der Waals surface area contributed by atoms with Gasteiger partial charge in [0.2, 0.25) is 0 Å². The second-order valence-electron chi connectivity index (χ2n) is 5.81. The molecule has 0 radical (unpaired) electrons. The van der Waals surface area contributed by atoms with Gasteiger partial charge in [-0.1, -0.05) is 41.2 Å². The van der Waals surface area contributed by atoms with E-state index in [1.165, 1.54) is 36.7 Å². The third kappa shape index (κ3) is 4.38. The number of anilines is 1. The number of nitrogens with one attached hydrogen (secondary N) is 1. The third-order valence-electron chi connectivity index (χ3n) is 3.98. The minimum Gasteiger partial charge on any atom is -0.505 e. The number of amides is 1. The molecule has 2 N–H and O–H groups in total. The number of rotatable bonds is 4. The SMILES string of the molecule is O=C(Nc1nc(CN2CCCCC2)cs1)c1c(O)c(Cl)cc(Cl)c1Cl. The van der Waals surface area contributed by atoms with Crippen LogP contribution in [0.3, 0.4) is 0 Å². The average molecular weight is 421 g/mol. The molecule has 0 atom stereocenters. The van der Waals surface area contributed by atoms with Gasteiger partial charge in [-0.05, 0) is 32.0 Å². The Balaban J connectivity index is 1.72. The lowest BCUT2D eigenvalue weighted by Gasteiger charge is -2.25. The summed E-state index contributed by atoms with van der Waals surface area (Å²) in [5.41, 5.74) is 0.744. The number of likely N-dealkylation sites (tertiary alicyclic amines) is 1. The summed E-state index contributed by atoms with van der Waals surface area (Å²) >= 11 is 19.1. The molecule has 0 bridgehead atoms. The van der Waals surface area contributed by atoms with Crippen LogP contribution in [0.4, 0.5) is 5.13 Å². The molecule has 5 nitrogen and oxygen atoms in total. The molecular formula is C16H16Cl3N3O2S. The van der Waals surface area contributed by atoms with Crippen LogP contribution in [0, 0.1) is 0 Å². The van der Waals surface area contributed by atoms with Crippen LogP contribution in [0.5, 0.6) is 5.75 Å². The van der Waals surface area contributed by atoms with E-state index in [1.54, 1.807) is 0 Å². The van der Waals surface area contributed by atoms with Gasteiger partial charge in [0.1, 0.15) is 11.3 Å². The number of carbonyl (C=O) groups excluding carboxylic acids is 1. The molecule has 2 heterocycles. The molecule has 1 saturated heterocycles. The number of phenols is 1. The molecule has 1 fully saturated rings. The largest absolute Gasteiger partial charge is 0.505 e. The zero-order valence-corrected chi connectivity index (χ0v) is 16.3. The molecule has 0 saturated carbocycles. The first kappa shape index (κ1) is 18.7. The van der Waals surface area contributed by atoms with Gasteiger partial charge in [-0.3, -0.25) is 15.0 Å². The van der Waals surface area contributed by atoms with Gasteiger partial charge in [0, 0.05) is 11.9 Å². The highest BCUT2D eigenvalue weighted by molar-refractivity contribution is 7.14. The van der Waals surface area contributed by atoms with Crippen molar-refractivity contribution in [2.45, 2.75) is 25.8 Å². The van der Waals surface area contributed by atoms with E-state index in [0.717, 1.165) is 25.3 Å². The predicted molar refractivity (Wildman–Crippen MR) is 102 cm³/mol. The zero-order chi connectivity index (χ0) is 18.0. The smallest absolute Gasteiger partial charge is 0.262 e. The lowest BCUT2D eigenvalue weighted by Crippen LogP contribution is -2.29. The molecule has 0 aliphatic carbocycles. The molecule has 25 heavy (non-hydrogen) atoms. The third-order valence-corrected chi connectivity index (χ3v) is 5.86. The van der Waals surface area contributed by atoms with E-state index >= 15 is 0 Å². The second-order valence-corrected chi connectivity index (χ2v) is 7.86. The number of hydrogen-bond acceptors (Lipinski definition) is 5. The van der Waals surface area contributed by atoms with Crippen LogP contribution in [0.2, 0.25) is 15.1 Å². The summed E-state index contributed by atoms with van der Waals surface area (Å²) in [6, 6.07) is 1.29. The first-order valence-corrected chi connectivity index (χ1v) is 9.81. The maximum atomic E-state index is 12.4. The highest BCUT2D eigenvalue weighted by Crippen LogP contribution is 2.38. The van der Waals surface area contributed by atoms with Gasteiger partial charge >= 0.3 is 0 Å². The van der Waals surface area contributed by atoms with Crippen molar-refractivity contribution in [3.63, 3.8) is 0 Å². The minimum atomic E-state index is -0.606. The van der Waals surface area contributed by atoms with Crippen LogP contribution in [0.25, 0.3) is 0 Å². The van der Waals surface area contributed by atoms with Crippen molar-refractivity contribution in [3.8, 4) is 5.75 Å². The molecule has 1 aromatic heterocycles. The second kappa shape index (κ2) is 8.10. The van der Waals surface area contributed by atoms with Crippen molar-refractivity contribution in [2.75, 3.05) is 18.4 Å². The lowest BCUT2D eigenvalue weighted by atomic mass is 10.1. The Hall–Kier alpha value is -1.05. The van der Waals surface area contributed by atoms with Crippen molar-refractivity contribution in [1.82, 2.24) is 9.88 Å². The first-order chi connectivity index (χ1) is 12.0. The van der Waals surface area contributed by atoms with Gasteiger partial charge in [-0.25, -0.2) is 4.98 Å². The topological polar surface area (TPSA) is 65.5 Å². The fourth-order valence-corrected chi connectivity index (χ4v) is 4.13. The predicted octanol–water partition coefficient (Wildman–Crippen LogP) is 5.05. The van der Waals surface area contributed by atoms with Crippen LogP contribution in [-0.4, -0.2) is 34.0 Å². The molecule has 1 aliphatic rings. The standard InChI is InChI=1S/C16H16Cl3N3O2S/c17-10-6-11(18)14(23)12(13(10)19)15(24)21-16-20-9(8-25-16)7-22-4-2-1-3-5-22/h6,8,23H,1-5,7H2,(H,20,21,24). The number of carbonyl (C=O) groups is 1. The summed E-state index contributed by atoms with van der Waals surface area (Å²) in [6.45, 7) is 2.91. The maximum Gasteiger partial charge on any atom is 0.262 e. The fourth-order valence-electron chi connectivity index (χ4n) is 2.74. The molecule has 0 unspecified atom stereocenters. The van der Waals surface area contributed by atoms with E-state index in [4.69, 9.17) is 34.8 Å². The number of benzene rings is 1. The number of piperidine rings is 1. The van der Waals surface area contributed by atoms with E-state index in [-0.39, 0.29) is 20.6 Å². The fraction of sp³-hybridized carbons (Fsp3) is 0.375. The number of phenolic OH excluding ortho intramolecular Hbond substituents is 1. The summed E-state index contributed by atoms with van der Waals surface area (Å²) in [5.74, 6) is -1.01. The van der Waals surface area contributed by atoms with E-state index < -0.39 is 11.7 Å². The molecule has 1 aromatic carbocycles. The summed E-state index contributed by atoms with van der Waals surface area (Å²) in [5, 5.41) is 15.0. The molecule has 0 spiro atoms. The van der Waals surface area contributed by atoms with Crippen LogP contribution >= 0.6 is 46.1 Å². The van der Waals surface area contributed by atoms with Crippen LogP contribution in [0.1, 0.15) is 35.3 Å². The lowest BCUT2D eigenvalue weighted by molar-refractivity contribution is 0.102. The summed E-state index contributed by atoms with van der Waals surface area (Å²) < 4.78 is 0. The number of halogens is 3. The van der Waals surface area contributed by atoms with Gasteiger partial charge < -0.3 is 5.11 Å². The van der Waals surface area contributed by atoms with Crippen molar-refractivity contribution in [1.29, 1.82) is 0 Å². The van der Waals surface area contributed by atoms with Crippen LogP contribution < -0.4 is 5.32 Å².